The summed E-state index contributed by atoms with van der Waals surface area (Å²) in [7, 11) is 0. The predicted octanol–water partition coefficient (Wildman–Crippen LogP) is 1.18. The Bertz CT molecular complexity index is 329. The van der Waals surface area contributed by atoms with Crippen LogP contribution in [0.2, 0.25) is 0 Å². The topological polar surface area (TPSA) is 63.9 Å². The van der Waals surface area contributed by atoms with Crippen LogP contribution in [0, 0.1) is 0 Å². The second kappa shape index (κ2) is 7.19. The fourth-order valence-electron chi connectivity index (χ4n) is 1.52. The highest BCUT2D eigenvalue weighted by molar-refractivity contribution is 5.14. The van der Waals surface area contributed by atoms with Crippen LogP contribution in [0.1, 0.15) is 12.0 Å². The van der Waals surface area contributed by atoms with Crippen LogP contribution in [0.25, 0.3) is 0 Å². The van der Waals surface area contributed by atoms with Gasteiger partial charge in [0.2, 0.25) is 0 Å². The largest absolute Gasteiger partial charge is 0.390 e. The molecular weight excluding hydrogens is 218 g/mol. The van der Waals surface area contributed by atoms with Gasteiger partial charge in [-0.3, -0.25) is 0 Å². The van der Waals surface area contributed by atoms with E-state index in [2.05, 4.69) is 6.58 Å². The van der Waals surface area contributed by atoms with Gasteiger partial charge in [-0.1, -0.05) is 36.4 Å². The van der Waals surface area contributed by atoms with Crippen molar-refractivity contribution in [1.29, 1.82) is 0 Å². The predicted molar refractivity (Wildman–Crippen MR) is 65.5 cm³/mol. The van der Waals surface area contributed by atoms with E-state index in [-0.39, 0.29) is 6.54 Å². The maximum absolute atomic E-state index is 9.63. The van der Waals surface area contributed by atoms with E-state index in [1.165, 1.54) is 6.08 Å². The fourth-order valence-corrected chi connectivity index (χ4v) is 1.52. The van der Waals surface area contributed by atoms with Gasteiger partial charge in [-0.25, -0.2) is 0 Å². The molecule has 4 nitrogen and oxygen atoms in total. The maximum Gasteiger partial charge on any atom is 0.0952 e. The second-order valence-corrected chi connectivity index (χ2v) is 3.99. The first kappa shape index (κ1) is 13.9. The fraction of sp³-hybridized carbons (Fsp3) is 0.385. The first-order valence-electron chi connectivity index (χ1n) is 5.58. The Morgan fingerprint density at radius 2 is 1.82 bits per heavy atom. The minimum Gasteiger partial charge on any atom is -0.390 e. The Kier molecular flexibility index (Phi) is 5.86. The molecule has 94 valence electrons. The van der Waals surface area contributed by atoms with Crippen molar-refractivity contribution >= 4 is 0 Å². The van der Waals surface area contributed by atoms with Crippen LogP contribution in [0.15, 0.2) is 43.0 Å². The maximum atomic E-state index is 9.63. The lowest BCUT2D eigenvalue weighted by molar-refractivity contribution is -0.136. The van der Waals surface area contributed by atoms with Crippen molar-refractivity contribution in [3.8, 4) is 0 Å². The van der Waals surface area contributed by atoms with E-state index in [1.54, 1.807) is 0 Å². The Hall–Kier alpha value is -1.20. The van der Waals surface area contributed by atoms with Crippen LogP contribution in [0.3, 0.4) is 0 Å². The summed E-state index contributed by atoms with van der Waals surface area (Å²) in [5.41, 5.74) is 0.945. The van der Waals surface area contributed by atoms with Gasteiger partial charge in [-0.05, 0) is 12.0 Å². The average molecular weight is 237 g/mol. The molecule has 1 aromatic carbocycles. The van der Waals surface area contributed by atoms with E-state index in [0.717, 1.165) is 10.6 Å². The lowest BCUT2D eigenvalue weighted by Crippen LogP contribution is -2.37. The Morgan fingerprint density at radius 1 is 1.18 bits per heavy atom. The van der Waals surface area contributed by atoms with Crippen LogP contribution >= 0.6 is 0 Å². The molecule has 0 heterocycles. The Labute approximate surface area is 101 Å². The lowest BCUT2D eigenvalue weighted by Gasteiger charge is -2.22. The minimum absolute atomic E-state index is 0.00387. The molecule has 0 saturated carbocycles. The molecule has 0 spiro atoms. The first-order valence-corrected chi connectivity index (χ1v) is 5.58. The zero-order valence-electron chi connectivity index (χ0n) is 9.74. The van der Waals surface area contributed by atoms with Crippen LogP contribution in [-0.4, -0.2) is 39.2 Å². The van der Waals surface area contributed by atoms with Crippen molar-refractivity contribution in [2.24, 2.45) is 0 Å². The van der Waals surface area contributed by atoms with Gasteiger partial charge in [0.1, 0.15) is 0 Å². The molecule has 2 unspecified atom stereocenters. The molecule has 0 aliphatic heterocycles. The van der Waals surface area contributed by atoms with Gasteiger partial charge in [0.05, 0.1) is 18.8 Å². The van der Waals surface area contributed by atoms with Crippen LogP contribution in [0.4, 0.5) is 0 Å². The van der Waals surface area contributed by atoms with Crippen LogP contribution < -0.4 is 0 Å². The number of rotatable bonds is 7. The van der Waals surface area contributed by atoms with Crippen molar-refractivity contribution in [1.82, 2.24) is 5.06 Å². The number of benzene rings is 1. The molecule has 0 saturated heterocycles. The second-order valence-electron chi connectivity index (χ2n) is 3.99. The molecule has 0 radical (unpaired) electrons. The van der Waals surface area contributed by atoms with Crippen molar-refractivity contribution in [2.45, 2.75) is 25.2 Å². The van der Waals surface area contributed by atoms with Crippen molar-refractivity contribution in [3.63, 3.8) is 0 Å². The minimum atomic E-state index is -0.985. The number of hydrogen-bond acceptors (Lipinski definition) is 4. The molecule has 1 rings (SSSR count). The first-order chi connectivity index (χ1) is 8.13. The number of hydrogen-bond donors (Lipinski definition) is 3. The zero-order valence-corrected chi connectivity index (χ0v) is 9.74. The summed E-state index contributed by atoms with van der Waals surface area (Å²) in [6.45, 7) is 3.80. The highest BCUT2D eigenvalue weighted by atomic mass is 16.5. The SMILES string of the molecule is C=CCC(O)C(O)CN(O)Cc1ccccc1. The summed E-state index contributed by atoms with van der Waals surface area (Å²) in [6.07, 6.45) is -0.0349. The number of nitrogens with zero attached hydrogens (tertiary/aromatic N) is 1. The van der Waals surface area contributed by atoms with Gasteiger partial charge < -0.3 is 15.4 Å². The summed E-state index contributed by atoms with van der Waals surface area (Å²) < 4.78 is 0. The molecule has 0 bridgehead atoms. The molecule has 0 fully saturated rings. The molecule has 4 heteroatoms. The summed E-state index contributed by atoms with van der Waals surface area (Å²) in [4.78, 5) is 0. The average Bonchev–Trinajstić information content (AvgIpc) is 2.30. The quantitative estimate of drug-likeness (QED) is 0.492. The normalized spacial score (nSPS) is 14.6. The monoisotopic (exact) mass is 237 g/mol. The molecule has 0 aliphatic carbocycles. The Balaban J connectivity index is 2.39. The molecular formula is C13H19NO3. The molecule has 1 aromatic rings. The summed E-state index contributed by atoms with van der Waals surface area (Å²) in [6, 6.07) is 9.43. The molecule has 2 atom stereocenters. The third kappa shape index (κ3) is 5.10. The van der Waals surface area contributed by atoms with E-state index >= 15 is 0 Å². The molecule has 0 aliphatic rings. The summed E-state index contributed by atoms with van der Waals surface area (Å²) >= 11 is 0. The molecule has 3 N–H and O–H groups in total. The van der Waals surface area contributed by atoms with E-state index in [9.17, 15) is 15.4 Å². The standard InChI is InChI=1S/C13H19NO3/c1-2-6-12(15)13(16)10-14(17)9-11-7-4-3-5-8-11/h2-5,7-8,12-13,15-17H,1,6,9-10H2. The summed E-state index contributed by atoms with van der Waals surface area (Å²) in [5.74, 6) is 0. The van der Waals surface area contributed by atoms with Gasteiger partial charge in [0.15, 0.2) is 0 Å². The van der Waals surface area contributed by atoms with E-state index in [4.69, 9.17) is 0 Å². The van der Waals surface area contributed by atoms with Gasteiger partial charge >= 0.3 is 0 Å². The van der Waals surface area contributed by atoms with Crippen molar-refractivity contribution in [2.75, 3.05) is 6.54 Å². The van der Waals surface area contributed by atoms with Gasteiger partial charge in [0.25, 0.3) is 0 Å². The summed E-state index contributed by atoms with van der Waals surface area (Å²) in [5, 5.41) is 29.7. The Morgan fingerprint density at radius 3 is 2.41 bits per heavy atom. The van der Waals surface area contributed by atoms with E-state index in [1.807, 2.05) is 30.3 Å². The molecule has 17 heavy (non-hydrogen) atoms. The van der Waals surface area contributed by atoms with Gasteiger partial charge in [-0.15, -0.1) is 6.58 Å². The van der Waals surface area contributed by atoms with E-state index < -0.39 is 12.2 Å². The smallest absolute Gasteiger partial charge is 0.0952 e. The lowest BCUT2D eigenvalue weighted by atomic mass is 10.1. The highest BCUT2D eigenvalue weighted by Gasteiger charge is 2.17. The van der Waals surface area contributed by atoms with Crippen LogP contribution in [0.5, 0.6) is 0 Å². The highest BCUT2D eigenvalue weighted by Crippen LogP contribution is 2.06. The van der Waals surface area contributed by atoms with Gasteiger partial charge in [0, 0.05) is 6.54 Å². The van der Waals surface area contributed by atoms with E-state index in [0.29, 0.717) is 13.0 Å². The third-order valence-corrected chi connectivity index (χ3v) is 2.46. The van der Waals surface area contributed by atoms with Crippen molar-refractivity contribution in [3.05, 3.63) is 48.6 Å². The zero-order chi connectivity index (χ0) is 12.7. The number of aliphatic hydroxyl groups is 2. The number of hydroxylamine groups is 2. The van der Waals surface area contributed by atoms with Gasteiger partial charge in [-0.2, -0.15) is 5.06 Å². The van der Waals surface area contributed by atoms with Crippen LogP contribution in [-0.2, 0) is 6.54 Å². The molecule has 0 amide bonds. The number of aliphatic hydroxyl groups excluding tert-OH is 2. The molecule has 0 aromatic heterocycles. The third-order valence-electron chi connectivity index (χ3n) is 2.46. The van der Waals surface area contributed by atoms with Crippen molar-refractivity contribution < 1.29 is 15.4 Å².